The largest absolute Gasteiger partial charge is 0.313 e. The van der Waals surface area contributed by atoms with Crippen molar-refractivity contribution in [3.05, 3.63) is 46.2 Å². The van der Waals surface area contributed by atoms with Gasteiger partial charge in [0.25, 0.3) is 0 Å². The molecule has 1 N–H and O–H groups in total. The molecule has 0 saturated carbocycles. The molecule has 110 valence electrons. The minimum Gasteiger partial charge on any atom is -0.313 e. The van der Waals surface area contributed by atoms with Crippen molar-refractivity contribution in [3.8, 4) is 11.4 Å². The van der Waals surface area contributed by atoms with Crippen LogP contribution in [0.2, 0.25) is 0 Å². The van der Waals surface area contributed by atoms with Crippen molar-refractivity contribution < 1.29 is 0 Å². The maximum absolute atomic E-state index is 4.86. The Kier molecular flexibility index (Phi) is 3.84. The fourth-order valence-corrected chi connectivity index (χ4v) is 3.54. The third kappa shape index (κ3) is 2.87. The monoisotopic (exact) mass is 345 g/mol. The van der Waals surface area contributed by atoms with E-state index in [2.05, 4.69) is 46.1 Å². The lowest BCUT2D eigenvalue weighted by atomic mass is 9.74. The molecule has 0 bridgehead atoms. The van der Waals surface area contributed by atoms with E-state index < -0.39 is 0 Å². The maximum Gasteiger partial charge on any atom is 0.160 e. The van der Waals surface area contributed by atoms with Crippen LogP contribution in [0.1, 0.15) is 37.6 Å². The van der Waals surface area contributed by atoms with Gasteiger partial charge in [0.05, 0.1) is 0 Å². The van der Waals surface area contributed by atoms with Crippen LogP contribution in [0.5, 0.6) is 0 Å². The average molecular weight is 346 g/mol. The molecule has 1 unspecified atom stereocenters. The van der Waals surface area contributed by atoms with Crippen LogP contribution >= 0.6 is 15.9 Å². The second kappa shape index (κ2) is 5.50. The van der Waals surface area contributed by atoms with Gasteiger partial charge in [0.15, 0.2) is 5.82 Å². The van der Waals surface area contributed by atoms with E-state index in [9.17, 15) is 0 Å². The molecule has 3 nitrogen and oxygen atoms in total. The van der Waals surface area contributed by atoms with Gasteiger partial charge in [0.1, 0.15) is 0 Å². The van der Waals surface area contributed by atoms with Crippen LogP contribution in [0.15, 0.2) is 34.9 Å². The average Bonchev–Trinajstić information content (AvgIpc) is 2.45. The Morgan fingerprint density at radius 1 is 1.29 bits per heavy atom. The third-order valence-electron chi connectivity index (χ3n) is 4.14. The fraction of sp³-hybridized carbons (Fsp3) is 0.412. The van der Waals surface area contributed by atoms with Crippen molar-refractivity contribution in [1.29, 1.82) is 0 Å². The highest BCUT2D eigenvalue weighted by Crippen LogP contribution is 2.40. The molecular formula is C17H20BrN3. The first-order valence-corrected chi connectivity index (χ1v) is 8.07. The van der Waals surface area contributed by atoms with Crippen molar-refractivity contribution >= 4 is 15.9 Å². The van der Waals surface area contributed by atoms with Crippen LogP contribution in [-0.2, 0) is 6.42 Å². The highest BCUT2D eigenvalue weighted by atomic mass is 79.9. The van der Waals surface area contributed by atoms with Gasteiger partial charge in [0, 0.05) is 33.5 Å². The van der Waals surface area contributed by atoms with Gasteiger partial charge >= 0.3 is 0 Å². The summed E-state index contributed by atoms with van der Waals surface area (Å²) in [5.74, 6) is 0.800. The highest BCUT2D eigenvalue weighted by Gasteiger charge is 2.32. The van der Waals surface area contributed by atoms with Crippen molar-refractivity contribution in [3.63, 3.8) is 0 Å². The molecule has 0 radical (unpaired) electrons. The molecule has 1 aromatic heterocycles. The molecule has 21 heavy (non-hydrogen) atoms. The van der Waals surface area contributed by atoms with Crippen LogP contribution in [0.4, 0.5) is 0 Å². The molecule has 1 aromatic carbocycles. The van der Waals surface area contributed by atoms with Crippen LogP contribution < -0.4 is 5.32 Å². The lowest BCUT2D eigenvalue weighted by Gasteiger charge is -2.36. The van der Waals surface area contributed by atoms with E-state index in [0.717, 1.165) is 28.7 Å². The number of rotatable bonds is 2. The molecule has 3 rings (SSSR count). The maximum atomic E-state index is 4.86. The zero-order chi connectivity index (χ0) is 15.0. The first-order chi connectivity index (χ1) is 10.00. The second-order valence-corrected chi connectivity index (χ2v) is 7.32. The van der Waals surface area contributed by atoms with Gasteiger partial charge in [-0.25, -0.2) is 9.97 Å². The topological polar surface area (TPSA) is 37.8 Å². The van der Waals surface area contributed by atoms with E-state index >= 15 is 0 Å². The van der Waals surface area contributed by atoms with Crippen LogP contribution in [0.3, 0.4) is 0 Å². The standard InChI is InChI=1S/C17H20BrN3/c1-17(2)8-14(19-3)12-10-20-16(21-15(12)9-17)11-6-4-5-7-13(11)18/h4-7,10,14,19H,8-9H2,1-3H3. The normalized spacial score (nSPS) is 20.1. The van der Waals surface area contributed by atoms with Gasteiger partial charge in [-0.1, -0.05) is 48.0 Å². The molecular weight excluding hydrogens is 326 g/mol. The fourth-order valence-electron chi connectivity index (χ4n) is 3.08. The van der Waals surface area contributed by atoms with Crippen molar-refractivity contribution in [2.24, 2.45) is 5.41 Å². The molecule has 1 heterocycles. The van der Waals surface area contributed by atoms with E-state index in [1.165, 1.54) is 11.3 Å². The van der Waals surface area contributed by atoms with Crippen molar-refractivity contribution in [2.45, 2.75) is 32.7 Å². The second-order valence-electron chi connectivity index (χ2n) is 6.46. The Labute approximate surface area is 134 Å². The molecule has 1 aliphatic rings. The van der Waals surface area contributed by atoms with E-state index in [4.69, 9.17) is 4.98 Å². The molecule has 0 spiro atoms. The van der Waals surface area contributed by atoms with E-state index in [-0.39, 0.29) is 5.41 Å². The van der Waals surface area contributed by atoms with Gasteiger partial charge < -0.3 is 5.32 Å². The summed E-state index contributed by atoms with van der Waals surface area (Å²) in [7, 11) is 2.01. The Morgan fingerprint density at radius 3 is 2.76 bits per heavy atom. The van der Waals surface area contributed by atoms with E-state index in [1.807, 2.05) is 31.4 Å². The number of aromatic nitrogens is 2. The van der Waals surface area contributed by atoms with Crippen LogP contribution in [0, 0.1) is 5.41 Å². The summed E-state index contributed by atoms with van der Waals surface area (Å²) in [5, 5.41) is 3.40. The smallest absolute Gasteiger partial charge is 0.160 e. The van der Waals surface area contributed by atoms with Gasteiger partial charge in [0.2, 0.25) is 0 Å². The zero-order valence-electron chi connectivity index (χ0n) is 12.7. The Bertz CT molecular complexity index is 667. The minimum atomic E-state index is 0.264. The van der Waals surface area contributed by atoms with Crippen LogP contribution in [-0.4, -0.2) is 17.0 Å². The number of fused-ring (bicyclic) bond motifs is 1. The van der Waals surface area contributed by atoms with Crippen molar-refractivity contribution in [2.75, 3.05) is 7.05 Å². The Morgan fingerprint density at radius 2 is 2.05 bits per heavy atom. The lowest BCUT2D eigenvalue weighted by Crippen LogP contribution is -2.32. The molecule has 0 aliphatic heterocycles. The Balaban J connectivity index is 2.07. The van der Waals surface area contributed by atoms with Gasteiger partial charge in [-0.15, -0.1) is 0 Å². The SMILES string of the molecule is CNC1CC(C)(C)Cc2nc(-c3ccccc3Br)ncc21. The first kappa shape index (κ1) is 14.7. The summed E-state index contributed by atoms with van der Waals surface area (Å²) >= 11 is 3.58. The molecule has 0 fully saturated rings. The summed E-state index contributed by atoms with van der Waals surface area (Å²) in [4.78, 5) is 9.45. The predicted octanol–water partition coefficient (Wildman–Crippen LogP) is 4.14. The van der Waals surface area contributed by atoms with Gasteiger partial charge in [-0.05, 0) is 31.4 Å². The molecule has 2 aromatic rings. The number of nitrogens with one attached hydrogen (secondary N) is 1. The number of halogens is 1. The number of hydrogen-bond acceptors (Lipinski definition) is 3. The third-order valence-corrected chi connectivity index (χ3v) is 4.83. The lowest BCUT2D eigenvalue weighted by molar-refractivity contribution is 0.260. The van der Waals surface area contributed by atoms with Crippen LogP contribution in [0.25, 0.3) is 11.4 Å². The predicted molar refractivity (Wildman–Crippen MR) is 89.1 cm³/mol. The Hall–Kier alpha value is -1.26. The van der Waals surface area contributed by atoms with E-state index in [1.54, 1.807) is 0 Å². The van der Waals surface area contributed by atoms with Crippen molar-refractivity contribution in [1.82, 2.24) is 15.3 Å². The summed E-state index contributed by atoms with van der Waals surface area (Å²) in [6, 6.07) is 8.44. The summed E-state index contributed by atoms with van der Waals surface area (Å²) in [6.45, 7) is 4.61. The molecule has 0 amide bonds. The summed E-state index contributed by atoms with van der Waals surface area (Å²) < 4.78 is 1.03. The molecule has 0 saturated heterocycles. The van der Waals surface area contributed by atoms with Gasteiger partial charge in [-0.2, -0.15) is 0 Å². The zero-order valence-corrected chi connectivity index (χ0v) is 14.2. The first-order valence-electron chi connectivity index (χ1n) is 7.28. The molecule has 1 aliphatic carbocycles. The quantitative estimate of drug-likeness (QED) is 0.888. The number of nitrogens with zero attached hydrogens (tertiary/aromatic N) is 2. The summed E-state index contributed by atoms with van der Waals surface area (Å²) in [5.41, 5.74) is 3.73. The molecule has 1 atom stereocenters. The van der Waals surface area contributed by atoms with Gasteiger partial charge in [-0.3, -0.25) is 0 Å². The molecule has 4 heteroatoms. The number of benzene rings is 1. The van der Waals surface area contributed by atoms with E-state index in [0.29, 0.717) is 6.04 Å². The minimum absolute atomic E-state index is 0.264. The highest BCUT2D eigenvalue weighted by molar-refractivity contribution is 9.10. The summed E-state index contributed by atoms with van der Waals surface area (Å²) in [6.07, 6.45) is 4.11. The number of hydrogen-bond donors (Lipinski definition) is 1.